The van der Waals surface area contributed by atoms with Crippen LogP contribution in [-0.4, -0.2) is 6.79 Å². The van der Waals surface area contributed by atoms with E-state index < -0.39 is 0 Å². The van der Waals surface area contributed by atoms with E-state index in [0.717, 1.165) is 15.1 Å². The normalized spacial score (nSPS) is 13.6. The van der Waals surface area contributed by atoms with Gasteiger partial charge < -0.3 is 9.47 Å². The van der Waals surface area contributed by atoms with E-state index in [1.54, 1.807) is 0 Å². The Morgan fingerprint density at radius 2 is 2.00 bits per heavy atom. The summed E-state index contributed by atoms with van der Waals surface area (Å²) >= 11 is 4.53. The number of rotatable bonds is 0. The maximum Gasteiger partial charge on any atom is 0.231 e. The van der Waals surface area contributed by atoms with Crippen molar-refractivity contribution in [2.45, 2.75) is 0 Å². The molecule has 4 heteroatoms. The number of hydrogen-bond donors (Lipinski definition) is 0. The summed E-state index contributed by atoms with van der Waals surface area (Å²) in [5, 5.41) is 0. The molecule has 1 aliphatic heterocycles. The first-order valence-electron chi connectivity index (χ1n) is 3.02. The minimum Gasteiger partial charge on any atom is -0.454 e. The molecular formula is C7H4I2O2. The summed E-state index contributed by atoms with van der Waals surface area (Å²) in [5.74, 6) is 1.74. The summed E-state index contributed by atoms with van der Waals surface area (Å²) in [4.78, 5) is 0. The third-order valence-electron chi connectivity index (χ3n) is 1.43. The zero-order valence-electron chi connectivity index (χ0n) is 5.43. The van der Waals surface area contributed by atoms with E-state index in [0.29, 0.717) is 6.79 Å². The van der Waals surface area contributed by atoms with Gasteiger partial charge in [0.05, 0.1) is 3.57 Å². The molecule has 1 aliphatic rings. The summed E-state index contributed by atoms with van der Waals surface area (Å²) in [6, 6.07) is 3.96. The largest absolute Gasteiger partial charge is 0.454 e. The second-order valence-corrected chi connectivity index (χ2v) is 4.34. The van der Waals surface area contributed by atoms with Gasteiger partial charge in [-0.25, -0.2) is 0 Å². The van der Waals surface area contributed by atoms with Crippen LogP contribution in [-0.2, 0) is 0 Å². The van der Waals surface area contributed by atoms with Gasteiger partial charge in [0.15, 0.2) is 11.5 Å². The Kier molecular flexibility index (Phi) is 2.13. The van der Waals surface area contributed by atoms with Crippen LogP contribution in [0.2, 0.25) is 0 Å². The molecule has 0 aromatic heterocycles. The molecule has 0 unspecified atom stereocenters. The Hall–Kier alpha value is 0.280. The number of hydrogen-bond acceptors (Lipinski definition) is 2. The van der Waals surface area contributed by atoms with Gasteiger partial charge in [-0.15, -0.1) is 0 Å². The van der Waals surface area contributed by atoms with Gasteiger partial charge in [-0.2, -0.15) is 0 Å². The van der Waals surface area contributed by atoms with E-state index in [4.69, 9.17) is 9.47 Å². The van der Waals surface area contributed by atoms with Gasteiger partial charge >= 0.3 is 0 Å². The molecular weight excluding hydrogens is 370 g/mol. The molecule has 0 amide bonds. The lowest BCUT2D eigenvalue weighted by atomic mass is 10.3. The first-order valence-corrected chi connectivity index (χ1v) is 5.18. The molecule has 11 heavy (non-hydrogen) atoms. The summed E-state index contributed by atoms with van der Waals surface area (Å²) in [6.45, 7) is 0.353. The third kappa shape index (κ3) is 1.30. The van der Waals surface area contributed by atoms with E-state index in [-0.39, 0.29) is 0 Å². The van der Waals surface area contributed by atoms with Crippen LogP contribution in [0.25, 0.3) is 0 Å². The molecule has 1 aromatic rings. The fraction of sp³-hybridized carbons (Fsp3) is 0.143. The first kappa shape index (κ1) is 7.90. The van der Waals surface area contributed by atoms with Crippen molar-refractivity contribution in [3.63, 3.8) is 0 Å². The van der Waals surface area contributed by atoms with E-state index >= 15 is 0 Å². The summed E-state index contributed by atoms with van der Waals surface area (Å²) in [5.41, 5.74) is 0. The predicted molar refractivity (Wildman–Crippen MR) is 58.0 cm³/mol. The molecule has 0 N–H and O–H groups in total. The highest BCUT2D eigenvalue weighted by Gasteiger charge is 2.17. The zero-order chi connectivity index (χ0) is 7.84. The Bertz CT molecular complexity index is 299. The monoisotopic (exact) mass is 374 g/mol. The van der Waals surface area contributed by atoms with Gasteiger partial charge in [0, 0.05) is 3.57 Å². The smallest absolute Gasteiger partial charge is 0.231 e. The highest BCUT2D eigenvalue weighted by molar-refractivity contribution is 14.1. The minimum atomic E-state index is 0.353. The van der Waals surface area contributed by atoms with E-state index in [1.807, 2.05) is 12.1 Å². The molecule has 0 atom stereocenters. The zero-order valence-corrected chi connectivity index (χ0v) is 9.75. The highest BCUT2D eigenvalue weighted by Crippen LogP contribution is 2.38. The average Bonchev–Trinajstić information content (AvgIpc) is 2.45. The standard InChI is InChI=1S/C7H4I2O2/c8-4-1-2-5-7(6(4)9)11-3-10-5/h1-2H,3H2. The van der Waals surface area contributed by atoms with Crippen LogP contribution < -0.4 is 9.47 Å². The highest BCUT2D eigenvalue weighted by atomic mass is 127. The summed E-state index contributed by atoms with van der Waals surface area (Å²) < 4.78 is 12.8. The van der Waals surface area contributed by atoms with Crippen molar-refractivity contribution in [3.05, 3.63) is 19.3 Å². The van der Waals surface area contributed by atoms with Crippen molar-refractivity contribution >= 4 is 45.2 Å². The molecule has 0 saturated carbocycles. The van der Waals surface area contributed by atoms with Crippen LogP contribution in [0.15, 0.2) is 12.1 Å². The maximum absolute atomic E-state index is 5.28. The van der Waals surface area contributed by atoms with Crippen molar-refractivity contribution < 1.29 is 9.47 Å². The minimum absolute atomic E-state index is 0.353. The number of ether oxygens (including phenoxy) is 2. The molecule has 0 bridgehead atoms. The lowest BCUT2D eigenvalue weighted by Gasteiger charge is -1.99. The molecule has 0 spiro atoms. The Balaban J connectivity index is 2.62. The van der Waals surface area contributed by atoms with E-state index in [1.165, 1.54) is 3.57 Å². The molecule has 1 heterocycles. The molecule has 0 fully saturated rings. The van der Waals surface area contributed by atoms with E-state index in [2.05, 4.69) is 45.2 Å². The predicted octanol–water partition coefficient (Wildman–Crippen LogP) is 2.62. The Labute approximate surface area is 91.5 Å². The summed E-state index contributed by atoms with van der Waals surface area (Å²) in [7, 11) is 0. The maximum atomic E-state index is 5.28. The van der Waals surface area contributed by atoms with Gasteiger partial charge in [-0.3, -0.25) is 0 Å². The van der Waals surface area contributed by atoms with Crippen LogP contribution in [0.3, 0.4) is 0 Å². The Morgan fingerprint density at radius 1 is 1.18 bits per heavy atom. The fourth-order valence-electron chi connectivity index (χ4n) is 0.914. The fourth-order valence-corrected chi connectivity index (χ4v) is 1.94. The first-order chi connectivity index (χ1) is 5.29. The molecule has 2 rings (SSSR count). The number of fused-ring (bicyclic) bond motifs is 1. The van der Waals surface area contributed by atoms with Crippen molar-refractivity contribution in [2.24, 2.45) is 0 Å². The summed E-state index contributed by atoms with van der Waals surface area (Å²) in [6.07, 6.45) is 0. The van der Waals surface area contributed by atoms with Gasteiger partial charge in [0.25, 0.3) is 0 Å². The number of halogens is 2. The SMILES string of the molecule is Ic1ccc2c(c1I)OCO2. The van der Waals surface area contributed by atoms with Crippen LogP contribution in [0, 0.1) is 7.14 Å². The molecule has 58 valence electrons. The Morgan fingerprint density at radius 3 is 2.82 bits per heavy atom. The van der Waals surface area contributed by atoms with E-state index in [9.17, 15) is 0 Å². The lowest BCUT2D eigenvalue weighted by molar-refractivity contribution is 0.173. The van der Waals surface area contributed by atoms with Crippen LogP contribution >= 0.6 is 45.2 Å². The topological polar surface area (TPSA) is 18.5 Å². The lowest BCUT2D eigenvalue weighted by Crippen LogP contribution is -1.93. The molecule has 2 nitrogen and oxygen atoms in total. The molecule has 1 aromatic carbocycles. The number of benzene rings is 1. The quantitative estimate of drug-likeness (QED) is 0.651. The molecule has 0 saturated heterocycles. The van der Waals surface area contributed by atoms with Crippen LogP contribution in [0.4, 0.5) is 0 Å². The van der Waals surface area contributed by atoms with Gasteiger partial charge in [-0.05, 0) is 57.3 Å². The second-order valence-electron chi connectivity index (χ2n) is 2.10. The van der Waals surface area contributed by atoms with Crippen molar-refractivity contribution in [1.29, 1.82) is 0 Å². The van der Waals surface area contributed by atoms with Crippen molar-refractivity contribution in [3.8, 4) is 11.5 Å². The van der Waals surface area contributed by atoms with Crippen molar-refractivity contribution in [2.75, 3.05) is 6.79 Å². The third-order valence-corrected chi connectivity index (χ3v) is 4.43. The van der Waals surface area contributed by atoms with Gasteiger partial charge in [0.1, 0.15) is 0 Å². The molecule has 0 radical (unpaired) electrons. The van der Waals surface area contributed by atoms with Crippen LogP contribution in [0.1, 0.15) is 0 Å². The van der Waals surface area contributed by atoms with Crippen LogP contribution in [0.5, 0.6) is 11.5 Å². The average molecular weight is 374 g/mol. The van der Waals surface area contributed by atoms with Crippen molar-refractivity contribution in [1.82, 2.24) is 0 Å². The molecule has 0 aliphatic carbocycles. The second kappa shape index (κ2) is 2.96. The van der Waals surface area contributed by atoms with Gasteiger partial charge in [0.2, 0.25) is 6.79 Å². The van der Waals surface area contributed by atoms with Gasteiger partial charge in [-0.1, -0.05) is 0 Å².